The molecule has 0 aromatic carbocycles. The molecule has 1 atom stereocenters. The molecule has 22 heavy (non-hydrogen) atoms. The molecule has 0 spiro atoms. The molecular weight excluding hydrogens is 314 g/mol. The predicted octanol–water partition coefficient (Wildman–Crippen LogP) is 4.15. The van der Waals surface area contributed by atoms with E-state index in [1.807, 2.05) is 22.4 Å². The average molecular weight is 329 g/mol. The minimum atomic E-state index is -0.0155. The largest absolute Gasteiger partial charge is 0.325 e. The number of aromatic amines is 1. The van der Waals surface area contributed by atoms with E-state index in [4.69, 9.17) is 0 Å². The van der Waals surface area contributed by atoms with Crippen LogP contribution in [0.3, 0.4) is 0 Å². The second-order valence-electron chi connectivity index (χ2n) is 5.25. The molecule has 0 fully saturated rings. The molecule has 6 heteroatoms. The third-order valence-corrected chi connectivity index (χ3v) is 5.71. The Morgan fingerprint density at radius 1 is 1.27 bits per heavy atom. The number of nitrogens with zero attached hydrogens (tertiary/aromatic N) is 2. The van der Waals surface area contributed by atoms with Crippen molar-refractivity contribution in [3.8, 4) is 10.6 Å². The summed E-state index contributed by atoms with van der Waals surface area (Å²) in [4.78, 5) is 17.0. The van der Waals surface area contributed by atoms with Gasteiger partial charge in [-0.3, -0.25) is 9.89 Å². The van der Waals surface area contributed by atoms with E-state index >= 15 is 0 Å². The summed E-state index contributed by atoms with van der Waals surface area (Å²) in [6.45, 7) is 2.85. The van der Waals surface area contributed by atoms with E-state index in [1.165, 1.54) is 4.88 Å². The number of aromatic nitrogens is 2. The van der Waals surface area contributed by atoms with Crippen LogP contribution in [0.2, 0.25) is 0 Å². The molecule has 112 valence electrons. The number of H-pyrrole nitrogens is 1. The molecule has 4 rings (SSSR count). The topological polar surface area (TPSA) is 49.0 Å². The van der Waals surface area contributed by atoms with Crippen LogP contribution in [0.15, 0.2) is 35.0 Å². The number of nitrogens with one attached hydrogen (secondary N) is 1. The van der Waals surface area contributed by atoms with Crippen molar-refractivity contribution in [1.29, 1.82) is 0 Å². The van der Waals surface area contributed by atoms with Crippen LogP contribution in [-0.2, 0) is 0 Å². The molecule has 1 unspecified atom stereocenters. The number of hydrogen-bond acceptors (Lipinski definition) is 4. The Bertz CT molecular complexity index is 790. The lowest BCUT2D eigenvalue weighted by Gasteiger charge is -2.24. The van der Waals surface area contributed by atoms with Crippen molar-refractivity contribution >= 4 is 28.6 Å². The minimum absolute atomic E-state index is 0.0155. The first-order valence-electron chi connectivity index (χ1n) is 7.27. The molecule has 1 N–H and O–H groups in total. The molecule has 0 saturated carbocycles. The average Bonchev–Trinajstić information content (AvgIpc) is 3.26. The Morgan fingerprint density at radius 2 is 2.09 bits per heavy atom. The lowest BCUT2D eigenvalue weighted by molar-refractivity contribution is 0.0746. The van der Waals surface area contributed by atoms with Crippen LogP contribution in [0.5, 0.6) is 0 Å². The van der Waals surface area contributed by atoms with Crippen molar-refractivity contribution in [2.24, 2.45) is 0 Å². The van der Waals surface area contributed by atoms with Crippen LogP contribution < -0.4 is 0 Å². The van der Waals surface area contributed by atoms with E-state index < -0.39 is 0 Å². The maximum Gasteiger partial charge on any atom is 0.275 e. The first kappa shape index (κ1) is 13.7. The normalized spacial score (nSPS) is 17.2. The highest BCUT2D eigenvalue weighted by atomic mass is 32.1. The quantitative estimate of drug-likeness (QED) is 0.781. The molecule has 0 radical (unpaired) electrons. The molecule has 0 bridgehead atoms. The van der Waals surface area contributed by atoms with Gasteiger partial charge in [-0.15, -0.1) is 22.7 Å². The maximum atomic E-state index is 12.7. The number of thiophene rings is 2. The summed E-state index contributed by atoms with van der Waals surface area (Å²) in [6.07, 6.45) is 0.940. The van der Waals surface area contributed by atoms with Crippen molar-refractivity contribution in [3.63, 3.8) is 0 Å². The first-order valence-corrected chi connectivity index (χ1v) is 9.03. The summed E-state index contributed by atoms with van der Waals surface area (Å²) in [5, 5.41) is 11.5. The van der Waals surface area contributed by atoms with Crippen LogP contribution in [0.4, 0.5) is 0 Å². The van der Waals surface area contributed by atoms with Gasteiger partial charge in [0.05, 0.1) is 16.6 Å². The number of carbonyl (C=O) groups is 1. The van der Waals surface area contributed by atoms with Gasteiger partial charge in [-0.25, -0.2) is 0 Å². The third kappa shape index (κ3) is 1.94. The molecule has 4 nitrogen and oxygen atoms in total. The van der Waals surface area contributed by atoms with Crippen molar-refractivity contribution in [1.82, 2.24) is 15.1 Å². The van der Waals surface area contributed by atoms with Crippen LogP contribution in [0.25, 0.3) is 10.6 Å². The maximum absolute atomic E-state index is 12.7. The predicted molar refractivity (Wildman–Crippen MR) is 89.4 cm³/mol. The smallest absolute Gasteiger partial charge is 0.275 e. The van der Waals surface area contributed by atoms with E-state index in [0.29, 0.717) is 5.69 Å². The van der Waals surface area contributed by atoms with Gasteiger partial charge < -0.3 is 4.90 Å². The van der Waals surface area contributed by atoms with E-state index in [1.54, 1.807) is 22.7 Å². The first-order chi connectivity index (χ1) is 10.8. The van der Waals surface area contributed by atoms with Crippen molar-refractivity contribution < 1.29 is 4.79 Å². The van der Waals surface area contributed by atoms with Gasteiger partial charge in [0.25, 0.3) is 5.91 Å². The Balaban J connectivity index is 1.89. The molecule has 3 aromatic rings. The van der Waals surface area contributed by atoms with Gasteiger partial charge in [-0.1, -0.05) is 19.1 Å². The minimum Gasteiger partial charge on any atom is -0.325 e. The zero-order valence-corrected chi connectivity index (χ0v) is 13.7. The monoisotopic (exact) mass is 329 g/mol. The van der Waals surface area contributed by atoms with Crippen molar-refractivity contribution in [2.45, 2.75) is 19.4 Å². The summed E-state index contributed by atoms with van der Waals surface area (Å²) in [7, 11) is 0. The Hall–Kier alpha value is -1.92. The van der Waals surface area contributed by atoms with Gasteiger partial charge in [0.2, 0.25) is 0 Å². The molecule has 0 saturated heterocycles. The SMILES string of the molecule is CCCN1C(=O)c2n[nH]c(-c3cccs3)c2C1c1cccs1. The fraction of sp³-hybridized carbons (Fsp3) is 0.250. The van der Waals surface area contributed by atoms with Crippen molar-refractivity contribution in [2.75, 3.05) is 6.54 Å². The highest BCUT2D eigenvalue weighted by Gasteiger charge is 2.42. The molecule has 1 aliphatic heterocycles. The third-order valence-electron chi connectivity index (χ3n) is 3.90. The molecule has 0 aliphatic carbocycles. The zero-order valence-electron chi connectivity index (χ0n) is 12.1. The number of carbonyl (C=O) groups excluding carboxylic acids is 1. The lowest BCUT2D eigenvalue weighted by atomic mass is 10.0. The van der Waals surface area contributed by atoms with Crippen LogP contribution in [-0.4, -0.2) is 27.5 Å². The van der Waals surface area contributed by atoms with Crippen LogP contribution in [0.1, 0.15) is 40.3 Å². The van der Waals surface area contributed by atoms with E-state index in [0.717, 1.165) is 29.1 Å². The number of rotatable bonds is 4. The number of fused-ring (bicyclic) bond motifs is 1. The number of hydrogen-bond donors (Lipinski definition) is 1. The van der Waals surface area contributed by atoms with Gasteiger partial charge in [-0.05, 0) is 29.3 Å². The fourth-order valence-electron chi connectivity index (χ4n) is 3.01. The highest BCUT2D eigenvalue weighted by Crippen LogP contribution is 2.44. The fourth-order valence-corrected chi connectivity index (χ4v) is 4.59. The van der Waals surface area contributed by atoms with Gasteiger partial charge in [0.1, 0.15) is 0 Å². The highest BCUT2D eigenvalue weighted by molar-refractivity contribution is 7.13. The van der Waals surface area contributed by atoms with Gasteiger partial charge in [-0.2, -0.15) is 5.10 Å². The summed E-state index contributed by atoms with van der Waals surface area (Å²) >= 11 is 3.36. The zero-order chi connectivity index (χ0) is 15.1. The van der Waals surface area contributed by atoms with E-state index in [9.17, 15) is 4.79 Å². The van der Waals surface area contributed by atoms with Gasteiger partial charge in [0.15, 0.2) is 5.69 Å². The second kappa shape index (κ2) is 5.37. The molecule has 1 amide bonds. The lowest BCUT2D eigenvalue weighted by Crippen LogP contribution is -2.29. The van der Waals surface area contributed by atoms with Crippen molar-refractivity contribution in [3.05, 3.63) is 51.2 Å². The van der Waals surface area contributed by atoms with Crippen LogP contribution in [0, 0.1) is 0 Å². The van der Waals surface area contributed by atoms with Crippen LogP contribution >= 0.6 is 22.7 Å². The summed E-state index contributed by atoms with van der Waals surface area (Å²) in [5.74, 6) is 0.0364. The summed E-state index contributed by atoms with van der Waals surface area (Å²) < 4.78 is 0. The summed E-state index contributed by atoms with van der Waals surface area (Å²) in [5.41, 5.74) is 2.59. The van der Waals surface area contributed by atoms with E-state index in [-0.39, 0.29) is 11.9 Å². The van der Waals surface area contributed by atoms with Gasteiger partial charge in [0, 0.05) is 17.0 Å². The Kier molecular flexibility index (Phi) is 3.35. The Morgan fingerprint density at radius 3 is 2.77 bits per heavy atom. The number of amides is 1. The molecule has 1 aliphatic rings. The van der Waals surface area contributed by atoms with E-state index in [2.05, 4.69) is 34.6 Å². The summed E-state index contributed by atoms with van der Waals surface area (Å²) in [6, 6.07) is 8.21. The molecule has 4 heterocycles. The van der Waals surface area contributed by atoms with Gasteiger partial charge >= 0.3 is 0 Å². The second-order valence-corrected chi connectivity index (χ2v) is 7.18. The Labute approximate surface area is 136 Å². The standard InChI is InChI=1S/C16H15N3OS2/c1-2-7-19-15(11-6-4-9-22-11)12-13(10-5-3-8-21-10)17-18-14(12)16(19)20/h3-6,8-9,15H,2,7H2,1H3,(H,17,18). The molecule has 3 aromatic heterocycles. The molecular formula is C16H15N3OS2.